The minimum atomic E-state index is -0.148. The van der Waals surface area contributed by atoms with Gasteiger partial charge in [0.15, 0.2) is 0 Å². The maximum atomic E-state index is 12.3. The van der Waals surface area contributed by atoms with E-state index in [0.29, 0.717) is 22.3 Å². The van der Waals surface area contributed by atoms with E-state index in [1.54, 1.807) is 24.3 Å². The maximum Gasteiger partial charge on any atom is 0.253 e. The van der Waals surface area contributed by atoms with Crippen LogP contribution in [0.3, 0.4) is 0 Å². The van der Waals surface area contributed by atoms with Crippen LogP contribution in [0.5, 0.6) is 0 Å². The SMILES string of the molecule is CC(NC(=O)CNc1ccccc1C(=O)NC1CC1)c1ccc(Cl)cc1. The monoisotopic (exact) mass is 371 g/mol. The molecular formula is C20H22ClN3O2. The molecule has 1 saturated carbocycles. The van der Waals surface area contributed by atoms with E-state index in [4.69, 9.17) is 11.6 Å². The quantitative estimate of drug-likeness (QED) is 0.697. The van der Waals surface area contributed by atoms with E-state index in [1.165, 1.54) is 0 Å². The number of carbonyl (C=O) groups is 2. The summed E-state index contributed by atoms with van der Waals surface area (Å²) < 4.78 is 0. The van der Waals surface area contributed by atoms with Gasteiger partial charge in [-0.25, -0.2) is 0 Å². The van der Waals surface area contributed by atoms with Crippen LogP contribution >= 0.6 is 11.6 Å². The molecule has 136 valence electrons. The van der Waals surface area contributed by atoms with Crippen LogP contribution in [-0.4, -0.2) is 24.4 Å². The highest BCUT2D eigenvalue weighted by atomic mass is 35.5. The third-order valence-corrected chi connectivity index (χ3v) is 4.52. The number of halogens is 1. The van der Waals surface area contributed by atoms with Crippen molar-refractivity contribution in [2.45, 2.75) is 31.8 Å². The molecule has 1 fully saturated rings. The van der Waals surface area contributed by atoms with E-state index in [1.807, 2.05) is 31.2 Å². The molecule has 2 amide bonds. The van der Waals surface area contributed by atoms with Crippen molar-refractivity contribution in [3.05, 3.63) is 64.7 Å². The number of nitrogens with one attached hydrogen (secondary N) is 3. The predicted molar refractivity (Wildman–Crippen MR) is 103 cm³/mol. The van der Waals surface area contributed by atoms with Gasteiger partial charge in [0.25, 0.3) is 5.91 Å². The molecule has 0 saturated heterocycles. The molecule has 1 aliphatic carbocycles. The van der Waals surface area contributed by atoms with Crippen LogP contribution in [0.1, 0.15) is 41.7 Å². The first-order valence-electron chi connectivity index (χ1n) is 8.71. The Bertz CT molecular complexity index is 788. The zero-order chi connectivity index (χ0) is 18.5. The molecule has 0 bridgehead atoms. The van der Waals surface area contributed by atoms with Gasteiger partial charge in [0, 0.05) is 16.8 Å². The summed E-state index contributed by atoms with van der Waals surface area (Å²) in [7, 11) is 0. The number of carbonyl (C=O) groups excluding carboxylic acids is 2. The smallest absolute Gasteiger partial charge is 0.253 e. The second-order valence-electron chi connectivity index (χ2n) is 6.49. The van der Waals surface area contributed by atoms with Crippen LogP contribution in [0.4, 0.5) is 5.69 Å². The van der Waals surface area contributed by atoms with Crippen LogP contribution < -0.4 is 16.0 Å². The molecule has 0 radical (unpaired) electrons. The zero-order valence-corrected chi connectivity index (χ0v) is 15.3. The first kappa shape index (κ1) is 18.3. The molecule has 0 aliphatic heterocycles. The molecule has 1 aliphatic rings. The van der Waals surface area contributed by atoms with Crippen molar-refractivity contribution in [2.75, 3.05) is 11.9 Å². The van der Waals surface area contributed by atoms with Crippen molar-refractivity contribution in [2.24, 2.45) is 0 Å². The van der Waals surface area contributed by atoms with E-state index >= 15 is 0 Å². The molecule has 2 aromatic rings. The topological polar surface area (TPSA) is 70.2 Å². The fraction of sp³-hybridized carbons (Fsp3) is 0.300. The van der Waals surface area contributed by atoms with Crippen LogP contribution in [0.2, 0.25) is 5.02 Å². The Kier molecular flexibility index (Phi) is 5.78. The van der Waals surface area contributed by atoms with Gasteiger partial charge < -0.3 is 16.0 Å². The van der Waals surface area contributed by atoms with Crippen LogP contribution in [0.15, 0.2) is 48.5 Å². The Balaban J connectivity index is 1.55. The molecule has 26 heavy (non-hydrogen) atoms. The normalized spacial score (nSPS) is 14.4. The zero-order valence-electron chi connectivity index (χ0n) is 14.6. The van der Waals surface area contributed by atoms with Crippen molar-refractivity contribution in [3.63, 3.8) is 0 Å². The highest BCUT2D eigenvalue weighted by Crippen LogP contribution is 2.21. The fourth-order valence-corrected chi connectivity index (χ4v) is 2.75. The molecular weight excluding hydrogens is 350 g/mol. The van der Waals surface area contributed by atoms with Crippen LogP contribution in [0.25, 0.3) is 0 Å². The first-order valence-corrected chi connectivity index (χ1v) is 9.09. The largest absolute Gasteiger partial charge is 0.376 e. The van der Waals surface area contributed by atoms with Crippen molar-refractivity contribution in [3.8, 4) is 0 Å². The Hall–Kier alpha value is -2.53. The second-order valence-corrected chi connectivity index (χ2v) is 6.92. The average Bonchev–Trinajstić information content (AvgIpc) is 3.44. The third kappa shape index (κ3) is 4.99. The van der Waals surface area contributed by atoms with Crippen molar-refractivity contribution < 1.29 is 9.59 Å². The van der Waals surface area contributed by atoms with Crippen molar-refractivity contribution in [1.29, 1.82) is 0 Å². The molecule has 1 unspecified atom stereocenters. The minimum Gasteiger partial charge on any atom is -0.376 e. The Morgan fingerprint density at radius 3 is 2.50 bits per heavy atom. The average molecular weight is 372 g/mol. The van der Waals surface area contributed by atoms with E-state index in [2.05, 4.69) is 16.0 Å². The Morgan fingerprint density at radius 2 is 1.81 bits per heavy atom. The van der Waals surface area contributed by atoms with Gasteiger partial charge in [-0.1, -0.05) is 35.9 Å². The minimum absolute atomic E-state index is 0.0889. The van der Waals surface area contributed by atoms with Gasteiger partial charge in [-0.05, 0) is 49.6 Å². The lowest BCUT2D eigenvalue weighted by Crippen LogP contribution is -2.33. The fourth-order valence-electron chi connectivity index (χ4n) is 2.63. The van der Waals surface area contributed by atoms with Gasteiger partial charge in [0.05, 0.1) is 18.2 Å². The van der Waals surface area contributed by atoms with Gasteiger partial charge in [0.2, 0.25) is 5.91 Å². The second kappa shape index (κ2) is 8.23. The standard InChI is InChI=1S/C20H22ClN3O2/c1-13(14-6-8-15(21)9-7-14)23-19(25)12-22-18-5-3-2-4-17(18)20(26)24-16-10-11-16/h2-9,13,16,22H,10-12H2,1H3,(H,23,25)(H,24,26). The van der Waals surface area contributed by atoms with Gasteiger partial charge in [0.1, 0.15) is 0 Å². The molecule has 3 rings (SSSR count). The number of amides is 2. The molecule has 0 heterocycles. The highest BCUT2D eigenvalue weighted by molar-refractivity contribution is 6.30. The molecule has 6 heteroatoms. The number of hydrogen-bond donors (Lipinski definition) is 3. The molecule has 1 atom stereocenters. The van der Waals surface area contributed by atoms with Gasteiger partial charge >= 0.3 is 0 Å². The Labute approximate surface area is 158 Å². The molecule has 0 aromatic heterocycles. The lowest BCUT2D eigenvalue weighted by atomic mass is 10.1. The lowest BCUT2D eigenvalue weighted by molar-refractivity contribution is -0.120. The number of para-hydroxylation sites is 1. The maximum absolute atomic E-state index is 12.3. The van der Waals surface area contributed by atoms with Crippen molar-refractivity contribution in [1.82, 2.24) is 10.6 Å². The summed E-state index contributed by atoms with van der Waals surface area (Å²) in [5, 5.41) is 9.62. The Morgan fingerprint density at radius 1 is 1.12 bits per heavy atom. The first-order chi connectivity index (χ1) is 12.5. The van der Waals surface area contributed by atoms with E-state index in [0.717, 1.165) is 18.4 Å². The van der Waals surface area contributed by atoms with Gasteiger partial charge in [-0.2, -0.15) is 0 Å². The number of benzene rings is 2. The summed E-state index contributed by atoms with van der Waals surface area (Å²) in [5.74, 6) is -0.254. The summed E-state index contributed by atoms with van der Waals surface area (Å²) in [4.78, 5) is 24.5. The summed E-state index contributed by atoms with van der Waals surface area (Å²) in [6.45, 7) is 2.00. The van der Waals surface area contributed by atoms with E-state index in [9.17, 15) is 9.59 Å². The lowest BCUT2D eigenvalue weighted by Gasteiger charge is -2.16. The molecule has 3 N–H and O–H groups in total. The van der Waals surface area contributed by atoms with Crippen LogP contribution in [-0.2, 0) is 4.79 Å². The van der Waals surface area contributed by atoms with Gasteiger partial charge in [-0.15, -0.1) is 0 Å². The number of hydrogen-bond acceptors (Lipinski definition) is 3. The third-order valence-electron chi connectivity index (χ3n) is 4.27. The molecule has 5 nitrogen and oxygen atoms in total. The highest BCUT2D eigenvalue weighted by Gasteiger charge is 2.24. The number of anilines is 1. The van der Waals surface area contributed by atoms with Crippen LogP contribution in [0, 0.1) is 0 Å². The molecule has 2 aromatic carbocycles. The summed E-state index contributed by atoms with van der Waals surface area (Å²) in [6, 6.07) is 14.7. The summed E-state index contributed by atoms with van der Waals surface area (Å²) in [5.41, 5.74) is 2.19. The van der Waals surface area contributed by atoms with E-state index in [-0.39, 0.29) is 24.4 Å². The number of rotatable bonds is 7. The summed E-state index contributed by atoms with van der Waals surface area (Å²) >= 11 is 5.89. The van der Waals surface area contributed by atoms with Gasteiger partial charge in [-0.3, -0.25) is 9.59 Å². The molecule has 0 spiro atoms. The van der Waals surface area contributed by atoms with E-state index < -0.39 is 0 Å². The van der Waals surface area contributed by atoms with Crippen molar-refractivity contribution >= 4 is 29.1 Å². The summed E-state index contributed by atoms with van der Waals surface area (Å²) in [6.07, 6.45) is 2.07. The predicted octanol–water partition coefficient (Wildman–Crippen LogP) is 3.52.